The third-order valence-electron chi connectivity index (χ3n) is 3.35. The minimum atomic E-state index is -0.135. The summed E-state index contributed by atoms with van der Waals surface area (Å²) in [4.78, 5) is 0. The molecule has 18 heavy (non-hydrogen) atoms. The quantitative estimate of drug-likeness (QED) is 0.764. The van der Waals surface area contributed by atoms with Gasteiger partial charge < -0.3 is 5.73 Å². The molecule has 1 aliphatic rings. The maximum absolute atomic E-state index is 14.1. The number of hydrogen-bond acceptors (Lipinski definition) is 1. The number of hydrogen-bond donors (Lipinski definition) is 1. The SMILES string of the molecule is Cc1ccc(C2=C(C(C)C)[CH]CC=C2F)cc1N. The van der Waals surface area contributed by atoms with Crippen LogP contribution < -0.4 is 5.73 Å². The zero-order valence-corrected chi connectivity index (χ0v) is 11.1. The predicted octanol–water partition coefficient (Wildman–Crippen LogP) is 4.45. The Labute approximate surface area is 108 Å². The molecule has 0 atom stereocenters. The Morgan fingerprint density at radius 3 is 2.61 bits per heavy atom. The van der Waals surface area contributed by atoms with Crippen molar-refractivity contribution in [3.63, 3.8) is 0 Å². The van der Waals surface area contributed by atoms with Crippen LogP contribution in [0.25, 0.3) is 5.57 Å². The van der Waals surface area contributed by atoms with Crippen molar-refractivity contribution in [2.75, 3.05) is 5.73 Å². The lowest BCUT2D eigenvalue weighted by atomic mass is 9.85. The van der Waals surface area contributed by atoms with Gasteiger partial charge in [0.25, 0.3) is 0 Å². The molecule has 0 saturated carbocycles. The number of nitrogens with two attached hydrogens (primary N) is 1. The first-order valence-electron chi connectivity index (χ1n) is 6.30. The molecule has 0 unspecified atom stereocenters. The van der Waals surface area contributed by atoms with E-state index in [1.807, 2.05) is 25.1 Å². The number of aryl methyl sites for hydroxylation is 1. The summed E-state index contributed by atoms with van der Waals surface area (Å²) in [5.41, 5.74) is 10.3. The fourth-order valence-electron chi connectivity index (χ4n) is 2.26. The van der Waals surface area contributed by atoms with Gasteiger partial charge in [0.1, 0.15) is 5.83 Å². The second-order valence-corrected chi connectivity index (χ2v) is 5.05. The van der Waals surface area contributed by atoms with Crippen LogP contribution in [-0.4, -0.2) is 0 Å². The van der Waals surface area contributed by atoms with E-state index in [4.69, 9.17) is 5.73 Å². The average Bonchev–Trinajstić information content (AvgIpc) is 2.32. The van der Waals surface area contributed by atoms with Gasteiger partial charge in [-0.3, -0.25) is 0 Å². The lowest BCUT2D eigenvalue weighted by Crippen LogP contribution is -2.05. The summed E-state index contributed by atoms with van der Waals surface area (Å²) in [6.45, 7) is 6.13. The summed E-state index contributed by atoms with van der Waals surface area (Å²) in [5.74, 6) is 0.173. The highest BCUT2D eigenvalue weighted by molar-refractivity contribution is 5.83. The molecule has 95 valence electrons. The Morgan fingerprint density at radius 1 is 1.28 bits per heavy atom. The van der Waals surface area contributed by atoms with Crippen LogP contribution in [0.2, 0.25) is 0 Å². The maximum atomic E-state index is 14.1. The number of allylic oxidation sites excluding steroid dienone is 4. The van der Waals surface area contributed by atoms with Gasteiger partial charge in [-0.05, 0) is 49.0 Å². The minimum Gasteiger partial charge on any atom is -0.398 e. The van der Waals surface area contributed by atoms with Gasteiger partial charge in [0.15, 0.2) is 0 Å². The Bertz CT molecular complexity index is 524. The van der Waals surface area contributed by atoms with E-state index < -0.39 is 0 Å². The largest absolute Gasteiger partial charge is 0.398 e. The molecule has 1 aliphatic carbocycles. The lowest BCUT2D eigenvalue weighted by molar-refractivity contribution is 0.653. The van der Waals surface area contributed by atoms with E-state index in [-0.39, 0.29) is 5.83 Å². The van der Waals surface area contributed by atoms with Crippen molar-refractivity contribution in [3.8, 4) is 0 Å². The Hall–Kier alpha value is -1.57. The Balaban J connectivity index is 2.57. The summed E-state index contributed by atoms with van der Waals surface area (Å²) in [5, 5.41) is 0. The standard InChI is InChI=1S/C16H19FN/c1-10(2)13-5-4-6-14(17)16(13)12-8-7-11(3)15(18)9-12/h5-10H,4,18H2,1-3H3. The van der Waals surface area contributed by atoms with Crippen LogP contribution in [0.3, 0.4) is 0 Å². The molecule has 1 nitrogen and oxygen atoms in total. The van der Waals surface area contributed by atoms with Crippen LogP contribution in [0.1, 0.15) is 31.4 Å². The van der Waals surface area contributed by atoms with Crippen molar-refractivity contribution in [1.29, 1.82) is 0 Å². The van der Waals surface area contributed by atoms with Gasteiger partial charge in [-0.2, -0.15) is 0 Å². The highest BCUT2D eigenvalue weighted by Crippen LogP contribution is 2.37. The Morgan fingerprint density at radius 2 is 2.00 bits per heavy atom. The molecule has 2 heteroatoms. The third-order valence-corrected chi connectivity index (χ3v) is 3.35. The van der Waals surface area contributed by atoms with Gasteiger partial charge in [-0.15, -0.1) is 0 Å². The van der Waals surface area contributed by atoms with Gasteiger partial charge >= 0.3 is 0 Å². The number of halogens is 1. The molecule has 0 spiro atoms. The molecule has 0 aliphatic heterocycles. The molecule has 2 N–H and O–H groups in total. The van der Waals surface area contributed by atoms with Crippen LogP contribution >= 0.6 is 0 Å². The molecule has 2 rings (SSSR count). The summed E-state index contributed by atoms with van der Waals surface area (Å²) in [6.07, 6.45) is 4.39. The summed E-state index contributed by atoms with van der Waals surface area (Å²) in [7, 11) is 0. The van der Waals surface area contributed by atoms with Crippen LogP contribution in [0, 0.1) is 19.3 Å². The fraction of sp³-hybridized carbons (Fsp3) is 0.312. The average molecular weight is 244 g/mol. The Kier molecular flexibility index (Phi) is 3.55. The van der Waals surface area contributed by atoms with E-state index in [0.717, 1.165) is 16.7 Å². The maximum Gasteiger partial charge on any atom is 0.127 e. The van der Waals surface area contributed by atoms with Gasteiger partial charge in [0.05, 0.1) is 0 Å². The summed E-state index contributed by atoms with van der Waals surface area (Å²) < 4.78 is 14.1. The van der Waals surface area contributed by atoms with Gasteiger partial charge in [-0.25, -0.2) is 4.39 Å². The van der Waals surface area contributed by atoms with E-state index in [9.17, 15) is 4.39 Å². The number of benzene rings is 1. The molecule has 0 aromatic heterocycles. The van der Waals surface area contributed by atoms with Crippen molar-refractivity contribution in [2.24, 2.45) is 5.92 Å². The molecule has 0 fully saturated rings. The first-order chi connectivity index (χ1) is 8.50. The second-order valence-electron chi connectivity index (χ2n) is 5.05. The highest BCUT2D eigenvalue weighted by atomic mass is 19.1. The first-order valence-corrected chi connectivity index (χ1v) is 6.30. The van der Waals surface area contributed by atoms with Gasteiger partial charge in [-0.1, -0.05) is 31.6 Å². The van der Waals surface area contributed by atoms with Crippen molar-refractivity contribution in [3.05, 3.63) is 53.2 Å². The monoisotopic (exact) mass is 244 g/mol. The summed E-state index contributed by atoms with van der Waals surface area (Å²) in [6, 6.07) is 5.74. The lowest BCUT2D eigenvalue weighted by Gasteiger charge is -2.21. The van der Waals surface area contributed by atoms with Gasteiger partial charge in [0, 0.05) is 11.3 Å². The summed E-state index contributed by atoms with van der Waals surface area (Å²) >= 11 is 0. The van der Waals surface area contributed by atoms with Crippen molar-refractivity contribution < 1.29 is 4.39 Å². The van der Waals surface area contributed by atoms with Crippen molar-refractivity contribution in [2.45, 2.75) is 27.2 Å². The molecule has 0 saturated heterocycles. The van der Waals surface area contributed by atoms with Crippen LogP contribution in [0.4, 0.5) is 10.1 Å². The highest BCUT2D eigenvalue weighted by Gasteiger charge is 2.20. The van der Waals surface area contributed by atoms with Crippen LogP contribution in [0.15, 0.2) is 35.7 Å². The van der Waals surface area contributed by atoms with E-state index in [2.05, 4.69) is 20.3 Å². The molecule has 0 bridgehead atoms. The molecule has 1 aromatic carbocycles. The van der Waals surface area contributed by atoms with Crippen LogP contribution in [-0.2, 0) is 0 Å². The van der Waals surface area contributed by atoms with Gasteiger partial charge in [0.2, 0.25) is 0 Å². The van der Waals surface area contributed by atoms with Crippen LogP contribution in [0.5, 0.6) is 0 Å². The second kappa shape index (κ2) is 4.97. The number of nitrogen functional groups attached to an aromatic ring is 1. The first kappa shape index (κ1) is 12.9. The zero-order chi connectivity index (χ0) is 13.3. The topological polar surface area (TPSA) is 26.0 Å². The number of rotatable bonds is 2. The van der Waals surface area contributed by atoms with E-state index in [0.29, 0.717) is 23.6 Å². The normalized spacial score (nSPS) is 16.2. The molecular formula is C16H19FN. The third kappa shape index (κ3) is 2.33. The zero-order valence-electron chi connectivity index (χ0n) is 11.1. The molecule has 1 radical (unpaired) electrons. The molecule has 0 amide bonds. The minimum absolute atomic E-state index is 0.135. The van der Waals surface area contributed by atoms with E-state index >= 15 is 0 Å². The smallest absolute Gasteiger partial charge is 0.127 e. The van der Waals surface area contributed by atoms with Crippen molar-refractivity contribution >= 4 is 11.3 Å². The number of anilines is 1. The predicted molar refractivity (Wildman–Crippen MR) is 75.5 cm³/mol. The molecular weight excluding hydrogens is 225 g/mol. The fourth-order valence-corrected chi connectivity index (χ4v) is 2.26. The van der Waals surface area contributed by atoms with E-state index in [1.54, 1.807) is 6.08 Å². The van der Waals surface area contributed by atoms with Crippen molar-refractivity contribution in [1.82, 2.24) is 0 Å². The molecule has 0 heterocycles. The van der Waals surface area contributed by atoms with E-state index in [1.165, 1.54) is 0 Å². The molecule has 1 aromatic rings.